The van der Waals surface area contributed by atoms with Gasteiger partial charge in [-0.1, -0.05) is 43.3 Å². The molecule has 4 heteroatoms. The molecule has 2 aromatic rings. The molecule has 0 aromatic heterocycles. The van der Waals surface area contributed by atoms with Crippen LogP contribution in [0.25, 0.3) is 0 Å². The van der Waals surface area contributed by atoms with Crippen LogP contribution < -0.4 is 14.8 Å². The fourth-order valence-electron chi connectivity index (χ4n) is 2.99. The first-order valence-corrected chi connectivity index (χ1v) is 9.35. The minimum absolute atomic E-state index is 0.0399. The fourth-order valence-corrected chi connectivity index (χ4v) is 2.99. The van der Waals surface area contributed by atoms with Gasteiger partial charge in [0.15, 0.2) is 11.5 Å². The van der Waals surface area contributed by atoms with Crippen LogP contribution in [0.3, 0.4) is 0 Å². The number of hydrogen-bond acceptors (Lipinski definition) is 3. The lowest BCUT2D eigenvalue weighted by atomic mass is 9.95. The van der Waals surface area contributed by atoms with Crippen LogP contribution >= 0.6 is 0 Å². The second-order valence-electron chi connectivity index (χ2n) is 6.17. The summed E-state index contributed by atoms with van der Waals surface area (Å²) in [6, 6.07) is 15.6. The van der Waals surface area contributed by atoms with E-state index in [1.807, 2.05) is 76.2 Å². The SMILES string of the molecule is CCOc1ccc(C(C)NC(=O)C(CC)c2ccccc2)cc1OCC. The lowest BCUT2D eigenvalue weighted by Gasteiger charge is -2.21. The standard InChI is InChI=1S/C22H29NO3/c1-5-19(17-11-9-8-10-12-17)22(24)23-16(4)18-13-14-20(25-6-2)21(15-18)26-7-3/h8-16,19H,5-7H2,1-4H3,(H,23,24). The van der Waals surface area contributed by atoms with Gasteiger partial charge < -0.3 is 14.8 Å². The van der Waals surface area contributed by atoms with Gasteiger partial charge in [0, 0.05) is 0 Å². The van der Waals surface area contributed by atoms with Crippen molar-refractivity contribution in [3.05, 3.63) is 59.7 Å². The summed E-state index contributed by atoms with van der Waals surface area (Å²) in [6.07, 6.45) is 0.760. The summed E-state index contributed by atoms with van der Waals surface area (Å²) in [4.78, 5) is 12.8. The molecule has 0 saturated heterocycles. The number of carbonyl (C=O) groups is 1. The highest BCUT2D eigenvalue weighted by molar-refractivity contribution is 5.84. The van der Waals surface area contributed by atoms with Crippen LogP contribution in [0.5, 0.6) is 11.5 Å². The summed E-state index contributed by atoms with van der Waals surface area (Å²) in [7, 11) is 0. The third-order valence-electron chi connectivity index (χ3n) is 4.35. The monoisotopic (exact) mass is 355 g/mol. The van der Waals surface area contributed by atoms with Gasteiger partial charge >= 0.3 is 0 Å². The molecular weight excluding hydrogens is 326 g/mol. The lowest BCUT2D eigenvalue weighted by Crippen LogP contribution is -2.31. The molecular formula is C22H29NO3. The van der Waals surface area contributed by atoms with Crippen LogP contribution in [-0.2, 0) is 4.79 Å². The lowest BCUT2D eigenvalue weighted by molar-refractivity contribution is -0.123. The van der Waals surface area contributed by atoms with Crippen molar-refractivity contribution in [2.45, 2.75) is 46.1 Å². The first kappa shape index (κ1) is 19.8. The van der Waals surface area contributed by atoms with E-state index < -0.39 is 0 Å². The third-order valence-corrected chi connectivity index (χ3v) is 4.35. The summed E-state index contributed by atoms with van der Waals surface area (Å²) in [5, 5.41) is 3.13. The predicted molar refractivity (Wildman–Crippen MR) is 105 cm³/mol. The van der Waals surface area contributed by atoms with Gasteiger partial charge in [0.1, 0.15) is 0 Å². The molecule has 2 unspecified atom stereocenters. The molecule has 2 atom stereocenters. The van der Waals surface area contributed by atoms with E-state index in [-0.39, 0.29) is 17.9 Å². The zero-order chi connectivity index (χ0) is 18.9. The highest BCUT2D eigenvalue weighted by Crippen LogP contribution is 2.31. The Hall–Kier alpha value is -2.49. The van der Waals surface area contributed by atoms with Crippen molar-refractivity contribution in [1.82, 2.24) is 5.32 Å². The van der Waals surface area contributed by atoms with Crippen LogP contribution in [0.2, 0.25) is 0 Å². The summed E-state index contributed by atoms with van der Waals surface area (Å²) >= 11 is 0. The van der Waals surface area contributed by atoms with Crippen molar-refractivity contribution in [1.29, 1.82) is 0 Å². The molecule has 140 valence electrons. The van der Waals surface area contributed by atoms with Crippen molar-refractivity contribution < 1.29 is 14.3 Å². The molecule has 0 radical (unpaired) electrons. The molecule has 2 aromatic carbocycles. The number of carbonyl (C=O) groups excluding carboxylic acids is 1. The van der Waals surface area contributed by atoms with E-state index in [4.69, 9.17) is 9.47 Å². The van der Waals surface area contributed by atoms with E-state index in [9.17, 15) is 4.79 Å². The molecule has 4 nitrogen and oxygen atoms in total. The third kappa shape index (κ3) is 5.01. The van der Waals surface area contributed by atoms with Crippen LogP contribution in [0.4, 0.5) is 0 Å². The Kier molecular flexibility index (Phi) is 7.52. The Morgan fingerprint density at radius 1 is 0.923 bits per heavy atom. The average Bonchev–Trinajstić information content (AvgIpc) is 2.65. The number of amides is 1. The summed E-state index contributed by atoms with van der Waals surface area (Å²) in [5.41, 5.74) is 2.04. The zero-order valence-corrected chi connectivity index (χ0v) is 16.1. The number of hydrogen-bond donors (Lipinski definition) is 1. The van der Waals surface area contributed by atoms with Crippen molar-refractivity contribution in [2.24, 2.45) is 0 Å². The molecule has 0 aliphatic rings. The predicted octanol–water partition coefficient (Wildman–Crippen LogP) is 4.86. The number of nitrogens with one attached hydrogen (secondary N) is 1. The fraction of sp³-hybridized carbons (Fsp3) is 0.409. The normalized spacial score (nSPS) is 12.9. The maximum Gasteiger partial charge on any atom is 0.228 e. The molecule has 26 heavy (non-hydrogen) atoms. The number of benzene rings is 2. The van der Waals surface area contributed by atoms with Gasteiger partial charge in [-0.25, -0.2) is 0 Å². The second kappa shape index (κ2) is 9.85. The highest BCUT2D eigenvalue weighted by Gasteiger charge is 2.21. The second-order valence-corrected chi connectivity index (χ2v) is 6.17. The minimum Gasteiger partial charge on any atom is -0.490 e. The Bertz CT molecular complexity index is 700. The van der Waals surface area contributed by atoms with Gasteiger partial charge in [-0.15, -0.1) is 0 Å². The van der Waals surface area contributed by atoms with E-state index >= 15 is 0 Å². The molecule has 0 saturated carbocycles. The maximum atomic E-state index is 12.8. The van der Waals surface area contributed by atoms with Crippen LogP contribution in [-0.4, -0.2) is 19.1 Å². The number of rotatable bonds is 9. The van der Waals surface area contributed by atoms with Gasteiger partial charge in [0.25, 0.3) is 0 Å². The van der Waals surface area contributed by atoms with Crippen molar-refractivity contribution >= 4 is 5.91 Å². The van der Waals surface area contributed by atoms with Gasteiger partial charge in [0.2, 0.25) is 5.91 Å². The molecule has 0 aliphatic heterocycles. The van der Waals surface area contributed by atoms with Crippen molar-refractivity contribution in [2.75, 3.05) is 13.2 Å². The van der Waals surface area contributed by atoms with Gasteiger partial charge in [0.05, 0.1) is 25.2 Å². The molecule has 0 aliphatic carbocycles. The Labute approximate surface area is 156 Å². The first-order chi connectivity index (χ1) is 12.6. The van der Waals surface area contributed by atoms with Crippen LogP contribution in [0, 0.1) is 0 Å². The molecule has 0 bridgehead atoms. The van der Waals surface area contributed by atoms with E-state index in [1.54, 1.807) is 0 Å². The Morgan fingerprint density at radius 3 is 2.19 bits per heavy atom. The maximum absolute atomic E-state index is 12.8. The molecule has 0 fully saturated rings. The Balaban J connectivity index is 2.14. The Morgan fingerprint density at radius 2 is 1.58 bits per heavy atom. The van der Waals surface area contributed by atoms with Crippen LogP contribution in [0.15, 0.2) is 48.5 Å². The van der Waals surface area contributed by atoms with Gasteiger partial charge in [-0.2, -0.15) is 0 Å². The highest BCUT2D eigenvalue weighted by atomic mass is 16.5. The van der Waals surface area contributed by atoms with E-state index in [0.717, 1.165) is 23.3 Å². The molecule has 0 heterocycles. The smallest absolute Gasteiger partial charge is 0.228 e. The van der Waals surface area contributed by atoms with Gasteiger partial charge in [-0.05, 0) is 50.5 Å². The van der Waals surface area contributed by atoms with Crippen LogP contribution in [0.1, 0.15) is 57.2 Å². The van der Waals surface area contributed by atoms with Crippen molar-refractivity contribution in [3.8, 4) is 11.5 Å². The van der Waals surface area contributed by atoms with E-state index in [2.05, 4.69) is 5.32 Å². The number of ether oxygens (including phenoxy) is 2. The van der Waals surface area contributed by atoms with Gasteiger partial charge in [-0.3, -0.25) is 4.79 Å². The first-order valence-electron chi connectivity index (χ1n) is 9.35. The van der Waals surface area contributed by atoms with E-state index in [1.165, 1.54) is 0 Å². The zero-order valence-electron chi connectivity index (χ0n) is 16.1. The quantitative estimate of drug-likeness (QED) is 0.699. The molecule has 1 N–H and O–H groups in total. The van der Waals surface area contributed by atoms with E-state index in [0.29, 0.717) is 19.0 Å². The molecule has 0 spiro atoms. The minimum atomic E-state index is -0.146. The largest absolute Gasteiger partial charge is 0.490 e. The van der Waals surface area contributed by atoms with Crippen molar-refractivity contribution in [3.63, 3.8) is 0 Å². The summed E-state index contributed by atoms with van der Waals surface area (Å²) < 4.78 is 11.3. The topological polar surface area (TPSA) is 47.6 Å². The summed E-state index contributed by atoms with van der Waals surface area (Å²) in [5.74, 6) is 1.33. The average molecular weight is 355 g/mol. The molecule has 1 amide bonds. The molecule has 2 rings (SSSR count). The summed E-state index contributed by atoms with van der Waals surface area (Å²) in [6.45, 7) is 9.06.